The molecule has 0 radical (unpaired) electrons. The van der Waals surface area contributed by atoms with E-state index >= 15 is 0 Å². The minimum atomic E-state index is -0.385. The van der Waals surface area contributed by atoms with E-state index in [1.165, 1.54) is 16.6 Å². The van der Waals surface area contributed by atoms with Gasteiger partial charge < -0.3 is 9.88 Å². The Hall–Kier alpha value is -2.44. The summed E-state index contributed by atoms with van der Waals surface area (Å²) in [7, 11) is 3.18. The van der Waals surface area contributed by atoms with Gasteiger partial charge in [0, 0.05) is 26.5 Å². The number of hydrogen-bond acceptors (Lipinski definition) is 4. The summed E-state index contributed by atoms with van der Waals surface area (Å²) in [4.78, 5) is 33.0. The number of hydrogen-bond donors (Lipinski definition) is 1. The number of H-pyrrole nitrogens is 1. The van der Waals surface area contributed by atoms with Crippen molar-refractivity contribution in [2.45, 2.75) is 20.4 Å². The minimum Gasteiger partial charge on any atom is -0.347 e. The van der Waals surface area contributed by atoms with Gasteiger partial charge in [0.2, 0.25) is 0 Å². The summed E-state index contributed by atoms with van der Waals surface area (Å²) in [6, 6.07) is 0. The Kier molecular flexibility index (Phi) is 3.69. The van der Waals surface area contributed by atoms with Gasteiger partial charge in [0.15, 0.2) is 0 Å². The fourth-order valence-corrected chi connectivity index (χ4v) is 1.97. The van der Waals surface area contributed by atoms with Crippen LogP contribution in [-0.4, -0.2) is 37.6 Å². The van der Waals surface area contributed by atoms with Crippen LogP contribution < -0.4 is 5.56 Å². The number of nitrogens with zero attached hydrogens (tertiary/aromatic N) is 4. The number of nitrogens with one attached hydrogen (secondary N) is 1. The highest BCUT2D eigenvalue weighted by atomic mass is 16.2. The van der Waals surface area contributed by atoms with Gasteiger partial charge in [0.05, 0.1) is 12.2 Å². The van der Waals surface area contributed by atoms with Gasteiger partial charge in [-0.05, 0) is 19.4 Å². The number of aryl methyl sites for hydroxylation is 2. The second kappa shape index (κ2) is 5.28. The van der Waals surface area contributed by atoms with Crippen molar-refractivity contribution >= 4 is 5.91 Å². The van der Waals surface area contributed by atoms with Crippen LogP contribution in [0.1, 0.15) is 27.4 Å². The normalized spacial score (nSPS) is 10.6. The molecule has 106 valence electrons. The first kappa shape index (κ1) is 14.0. The summed E-state index contributed by atoms with van der Waals surface area (Å²) < 4.78 is 1.19. The Morgan fingerprint density at radius 2 is 2.15 bits per heavy atom. The van der Waals surface area contributed by atoms with Crippen molar-refractivity contribution in [2.24, 2.45) is 7.05 Å². The van der Waals surface area contributed by atoms with Crippen LogP contribution in [0.25, 0.3) is 0 Å². The fraction of sp³-hybridized carbons (Fsp3) is 0.385. The number of rotatable bonds is 3. The van der Waals surface area contributed by atoms with Gasteiger partial charge in [-0.1, -0.05) is 0 Å². The molecule has 2 aromatic heterocycles. The van der Waals surface area contributed by atoms with Crippen molar-refractivity contribution in [3.8, 4) is 0 Å². The van der Waals surface area contributed by atoms with Crippen LogP contribution in [0.15, 0.2) is 17.2 Å². The molecule has 0 bridgehead atoms. The molecule has 0 saturated carbocycles. The van der Waals surface area contributed by atoms with Crippen molar-refractivity contribution in [3.63, 3.8) is 0 Å². The molecular weight excluding hydrogens is 258 g/mol. The largest absolute Gasteiger partial charge is 0.347 e. The van der Waals surface area contributed by atoms with Crippen molar-refractivity contribution in [3.05, 3.63) is 45.4 Å². The second-order valence-corrected chi connectivity index (χ2v) is 4.71. The van der Waals surface area contributed by atoms with E-state index in [1.807, 2.05) is 0 Å². The van der Waals surface area contributed by atoms with Gasteiger partial charge in [0.1, 0.15) is 11.4 Å². The van der Waals surface area contributed by atoms with Gasteiger partial charge >= 0.3 is 0 Å². The molecule has 20 heavy (non-hydrogen) atoms. The molecule has 0 aliphatic heterocycles. The maximum Gasteiger partial charge on any atom is 0.279 e. The second-order valence-electron chi connectivity index (χ2n) is 4.71. The van der Waals surface area contributed by atoms with E-state index in [4.69, 9.17) is 0 Å². The summed E-state index contributed by atoms with van der Waals surface area (Å²) in [5.74, 6) is 0.339. The average molecular weight is 275 g/mol. The highest BCUT2D eigenvalue weighted by Gasteiger charge is 2.21. The SMILES string of the molecule is Cc1nn(C)c(=O)c(C(=O)N(C)Cc2ncc[nH]2)c1C. The van der Waals surface area contributed by atoms with E-state index in [2.05, 4.69) is 15.1 Å². The summed E-state index contributed by atoms with van der Waals surface area (Å²) in [5.41, 5.74) is 1.06. The number of imidazole rings is 1. The summed E-state index contributed by atoms with van der Waals surface area (Å²) in [5, 5.41) is 4.07. The molecule has 2 heterocycles. The Bertz CT molecular complexity index is 688. The third-order valence-corrected chi connectivity index (χ3v) is 3.23. The van der Waals surface area contributed by atoms with E-state index in [0.717, 1.165) is 0 Å². The van der Waals surface area contributed by atoms with Crippen LogP contribution in [0, 0.1) is 13.8 Å². The Morgan fingerprint density at radius 1 is 1.45 bits per heavy atom. The van der Waals surface area contributed by atoms with Gasteiger partial charge in [-0.25, -0.2) is 9.67 Å². The van der Waals surface area contributed by atoms with E-state index in [-0.39, 0.29) is 17.0 Å². The lowest BCUT2D eigenvalue weighted by Crippen LogP contribution is -2.36. The van der Waals surface area contributed by atoms with E-state index < -0.39 is 0 Å². The van der Waals surface area contributed by atoms with Crippen molar-refractivity contribution in [2.75, 3.05) is 7.05 Å². The van der Waals surface area contributed by atoms with E-state index in [1.54, 1.807) is 33.3 Å². The minimum absolute atomic E-state index is 0.161. The predicted octanol–water partition coefficient (Wildman–Crippen LogP) is 0.392. The number of aromatic nitrogens is 4. The maximum absolute atomic E-state index is 12.5. The average Bonchev–Trinajstić information content (AvgIpc) is 2.89. The first-order valence-corrected chi connectivity index (χ1v) is 6.20. The molecule has 0 unspecified atom stereocenters. The number of amides is 1. The van der Waals surface area contributed by atoms with Gasteiger partial charge in [-0.3, -0.25) is 9.59 Å². The van der Waals surface area contributed by atoms with Crippen molar-refractivity contribution in [1.29, 1.82) is 0 Å². The number of carbonyl (C=O) groups is 1. The standard InChI is InChI=1S/C13H17N5O2/c1-8-9(2)16-18(4)13(20)11(8)12(19)17(3)7-10-14-5-6-15-10/h5-6H,7H2,1-4H3,(H,14,15). The van der Waals surface area contributed by atoms with Crippen LogP contribution in [0.4, 0.5) is 0 Å². The Morgan fingerprint density at radius 3 is 2.75 bits per heavy atom. The van der Waals surface area contributed by atoms with E-state index in [9.17, 15) is 9.59 Å². The van der Waals surface area contributed by atoms with Crippen LogP contribution in [0.2, 0.25) is 0 Å². The molecule has 0 atom stereocenters. The molecule has 0 spiro atoms. The molecule has 2 aromatic rings. The Labute approximate surface area is 116 Å². The first-order chi connectivity index (χ1) is 9.41. The molecule has 0 aromatic carbocycles. The van der Waals surface area contributed by atoms with Crippen LogP contribution >= 0.6 is 0 Å². The zero-order chi connectivity index (χ0) is 14.9. The summed E-state index contributed by atoms with van der Waals surface area (Å²) in [6.45, 7) is 3.82. The topological polar surface area (TPSA) is 83.9 Å². The van der Waals surface area contributed by atoms with Gasteiger partial charge in [0.25, 0.3) is 11.5 Å². The van der Waals surface area contributed by atoms with Gasteiger partial charge in [-0.15, -0.1) is 0 Å². The van der Waals surface area contributed by atoms with Crippen molar-refractivity contribution in [1.82, 2.24) is 24.6 Å². The molecule has 0 aliphatic rings. The summed E-state index contributed by atoms with van der Waals surface area (Å²) in [6.07, 6.45) is 3.31. The maximum atomic E-state index is 12.5. The lowest BCUT2D eigenvalue weighted by molar-refractivity contribution is 0.0778. The molecule has 0 saturated heterocycles. The van der Waals surface area contributed by atoms with Crippen LogP contribution in [0.5, 0.6) is 0 Å². The molecule has 0 aliphatic carbocycles. The first-order valence-electron chi connectivity index (χ1n) is 6.20. The zero-order valence-corrected chi connectivity index (χ0v) is 12.0. The van der Waals surface area contributed by atoms with Crippen LogP contribution in [-0.2, 0) is 13.6 Å². The quantitative estimate of drug-likeness (QED) is 0.878. The van der Waals surface area contributed by atoms with Crippen LogP contribution in [0.3, 0.4) is 0 Å². The predicted molar refractivity (Wildman–Crippen MR) is 73.3 cm³/mol. The smallest absolute Gasteiger partial charge is 0.279 e. The molecule has 7 heteroatoms. The fourth-order valence-electron chi connectivity index (χ4n) is 1.97. The lowest BCUT2D eigenvalue weighted by Gasteiger charge is -2.17. The highest BCUT2D eigenvalue weighted by molar-refractivity contribution is 5.95. The van der Waals surface area contributed by atoms with Gasteiger partial charge in [-0.2, -0.15) is 5.10 Å². The summed E-state index contributed by atoms with van der Waals surface area (Å²) >= 11 is 0. The number of carbonyl (C=O) groups excluding carboxylic acids is 1. The monoisotopic (exact) mass is 275 g/mol. The third kappa shape index (κ3) is 2.47. The van der Waals surface area contributed by atoms with Crippen molar-refractivity contribution < 1.29 is 4.79 Å². The molecule has 1 amide bonds. The number of aromatic amines is 1. The molecule has 2 rings (SSSR count). The molecule has 7 nitrogen and oxygen atoms in total. The molecule has 1 N–H and O–H groups in total. The molecule has 0 fully saturated rings. The zero-order valence-electron chi connectivity index (χ0n) is 12.0. The lowest BCUT2D eigenvalue weighted by atomic mass is 10.1. The highest BCUT2D eigenvalue weighted by Crippen LogP contribution is 2.09. The molecular formula is C13H17N5O2. The third-order valence-electron chi connectivity index (χ3n) is 3.23. The van der Waals surface area contributed by atoms with E-state index in [0.29, 0.717) is 23.6 Å². The Balaban J connectivity index is 2.36.